The molecule has 0 aliphatic heterocycles. The first-order valence-corrected chi connectivity index (χ1v) is 6.84. The van der Waals surface area contributed by atoms with Crippen LogP contribution >= 0.6 is 0 Å². The van der Waals surface area contributed by atoms with Gasteiger partial charge in [0.2, 0.25) is 0 Å². The SMILES string of the molecule is CCCn1ncnc1Cn1c(=O)ccn(CCC)c1=O. The summed E-state index contributed by atoms with van der Waals surface area (Å²) >= 11 is 0. The molecule has 0 aliphatic rings. The third-order valence-corrected chi connectivity index (χ3v) is 3.03. The molecule has 0 saturated heterocycles. The zero-order valence-electron chi connectivity index (χ0n) is 11.8. The molecule has 0 bridgehead atoms. The highest BCUT2D eigenvalue weighted by Crippen LogP contribution is 1.97. The average molecular weight is 277 g/mol. The standard InChI is InChI=1S/C13H19N5O2/c1-3-6-16-8-5-12(19)17(13(16)20)9-11-14-10-15-18(11)7-4-2/h5,8,10H,3-4,6-7,9H2,1-2H3. The van der Waals surface area contributed by atoms with Gasteiger partial charge in [0.05, 0.1) is 6.54 Å². The van der Waals surface area contributed by atoms with Crippen LogP contribution in [0.3, 0.4) is 0 Å². The van der Waals surface area contributed by atoms with Crippen LogP contribution < -0.4 is 11.2 Å². The van der Waals surface area contributed by atoms with Gasteiger partial charge in [-0.05, 0) is 12.8 Å². The highest BCUT2D eigenvalue weighted by Gasteiger charge is 2.10. The number of aryl methyl sites for hydroxylation is 2. The molecule has 0 amide bonds. The van der Waals surface area contributed by atoms with Crippen LogP contribution in [-0.2, 0) is 19.6 Å². The minimum atomic E-state index is -0.312. The Hall–Kier alpha value is -2.18. The smallest absolute Gasteiger partial charge is 0.300 e. The number of hydrogen-bond acceptors (Lipinski definition) is 4. The van der Waals surface area contributed by atoms with Gasteiger partial charge < -0.3 is 4.57 Å². The fourth-order valence-electron chi connectivity index (χ4n) is 2.06. The molecule has 2 rings (SSSR count). The van der Waals surface area contributed by atoms with E-state index in [0.717, 1.165) is 19.4 Å². The minimum Gasteiger partial charge on any atom is -0.300 e. The molecule has 0 unspecified atom stereocenters. The van der Waals surface area contributed by atoms with Crippen molar-refractivity contribution < 1.29 is 0 Å². The molecule has 7 nitrogen and oxygen atoms in total. The highest BCUT2D eigenvalue weighted by atomic mass is 16.2. The molecule has 2 aromatic heterocycles. The van der Waals surface area contributed by atoms with Crippen molar-refractivity contribution in [2.45, 2.75) is 46.3 Å². The van der Waals surface area contributed by atoms with E-state index < -0.39 is 0 Å². The van der Waals surface area contributed by atoms with E-state index in [1.165, 1.54) is 17.0 Å². The normalized spacial score (nSPS) is 10.9. The molecule has 0 saturated carbocycles. The lowest BCUT2D eigenvalue weighted by Gasteiger charge is -2.09. The Morgan fingerprint density at radius 1 is 1.15 bits per heavy atom. The topological polar surface area (TPSA) is 74.7 Å². The van der Waals surface area contributed by atoms with Crippen LogP contribution in [0, 0.1) is 0 Å². The summed E-state index contributed by atoms with van der Waals surface area (Å²) in [5.41, 5.74) is -0.612. The molecule has 0 N–H and O–H groups in total. The van der Waals surface area contributed by atoms with Crippen molar-refractivity contribution in [1.82, 2.24) is 23.9 Å². The quantitative estimate of drug-likeness (QED) is 0.769. The first kappa shape index (κ1) is 14.2. The molecular weight excluding hydrogens is 258 g/mol. The van der Waals surface area contributed by atoms with Gasteiger partial charge in [0.15, 0.2) is 0 Å². The van der Waals surface area contributed by atoms with E-state index in [1.54, 1.807) is 15.4 Å². The Balaban J connectivity index is 2.38. The molecule has 2 heterocycles. The monoisotopic (exact) mass is 277 g/mol. The molecule has 20 heavy (non-hydrogen) atoms. The van der Waals surface area contributed by atoms with Gasteiger partial charge in [0, 0.05) is 25.4 Å². The molecule has 108 valence electrons. The van der Waals surface area contributed by atoms with E-state index in [2.05, 4.69) is 10.1 Å². The number of aromatic nitrogens is 5. The third-order valence-electron chi connectivity index (χ3n) is 3.03. The van der Waals surface area contributed by atoms with Gasteiger partial charge >= 0.3 is 5.69 Å². The maximum Gasteiger partial charge on any atom is 0.331 e. The van der Waals surface area contributed by atoms with E-state index in [-0.39, 0.29) is 17.8 Å². The van der Waals surface area contributed by atoms with Crippen LogP contribution in [0.2, 0.25) is 0 Å². The van der Waals surface area contributed by atoms with E-state index in [4.69, 9.17) is 0 Å². The molecule has 2 aromatic rings. The Kier molecular flexibility index (Phi) is 4.49. The van der Waals surface area contributed by atoms with Crippen molar-refractivity contribution in [3.63, 3.8) is 0 Å². The molecule has 0 atom stereocenters. The largest absolute Gasteiger partial charge is 0.331 e. The first-order valence-electron chi connectivity index (χ1n) is 6.84. The van der Waals surface area contributed by atoms with Crippen molar-refractivity contribution >= 4 is 0 Å². The molecular formula is C13H19N5O2. The third kappa shape index (κ3) is 2.87. The van der Waals surface area contributed by atoms with Crippen LogP contribution in [-0.4, -0.2) is 23.9 Å². The molecule has 7 heteroatoms. The van der Waals surface area contributed by atoms with Gasteiger partial charge in [-0.1, -0.05) is 13.8 Å². The fraction of sp³-hybridized carbons (Fsp3) is 0.538. The van der Waals surface area contributed by atoms with E-state index in [0.29, 0.717) is 12.4 Å². The number of hydrogen-bond donors (Lipinski definition) is 0. The number of nitrogens with zero attached hydrogens (tertiary/aromatic N) is 5. The lowest BCUT2D eigenvalue weighted by atomic mass is 10.4. The summed E-state index contributed by atoms with van der Waals surface area (Å²) in [6.07, 6.45) is 4.75. The van der Waals surface area contributed by atoms with E-state index in [1.807, 2.05) is 13.8 Å². The van der Waals surface area contributed by atoms with Gasteiger partial charge in [0.1, 0.15) is 12.2 Å². The van der Waals surface area contributed by atoms with Gasteiger partial charge in [0.25, 0.3) is 5.56 Å². The summed E-state index contributed by atoms with van der Waals surface area (Å²) in [6, 6.07) is 1.41. The van der Waals surface area contributed by atoms with E-state index in [9.17, 15) is 9.59 Å². The molecule has 0 fully saturated rings. The van der Waals surface area contributed by atoms with E-state index >= 15 is 0 Å². The molecule has 0 radical (unpaired) electrons. The molecule has 0 spiro atoms. The van der Waals surface area contributed by atoms with Crippen LogP contribution in [0.15, 0.2) is 28.2 Å². The Morgan fingerprint density at radius 2 is 1.90 bits per heavy atom. The van der Waals surface area contributed by atoms with Gasteiger partial charge in [-0.3, -0.25) is 9.36 Å². The van der Waals surface area contributed by atoms with Crippen molar-refractivity contribution in [1.29, 1.82) is 0 Å². The zero-order chi connectivity index (χ0) is 14.5. The summed E-state index contributed by atoms with van der Waals surface area (Å²) < 4.78 is 4.47. The van der Waals surface area contributed by atoms with Gasteiger partial charge in [-0.25, -0.2) is 14.5 Å². The van der Waals surface area contributed by atoms with Crippen LogP contribution in [0.25, 0.3) is 0 Å². The predicted octanol–water partition coefficient (Wildman–Crippen LogP) is 0.470. The molecule has 0 aliphatic carbocycles. The van der Waals surface area contributed by atoms with Gasteiger partial charge in [-0.2, -0.15) is 5.10 Å². The zero-order valence-corrected chi connectivity index (χ0v) is 11.8. The van der Waals surface area contributed by atoms with Crippen molar-refractivity contribution in [2.24, 2.45) is 0 Å². The Bertz CT molecular complexity index is 683. The summed E-state index contributed by atoms with van der Waals surface area (Å²) in [4.78, 5) is 28.3. The predicted molar refractivity (Wildman–Crippen MR) is 74.7 cm³/mol. The number of rotatable bonds is 6. The Labute approximate surface area is 116 Å². The lowest BCUT2D eigenvalue weighted by molar-refractivity contribution is 0.521. The van der Waals surface area contributed by atoms with Crippen LogP contribution in [0.1, 0.15) is 32.5 Å². The second-order valence-electron chi connectivity index (χ2n) is 4.62. The minimum absolute atomic E-state index is 0.155. The lowest BCUT2D eigenvalue weighted by Crippen LogP contribution is -2.39. The Morgan fingerprint density at radius 3 is 2.60 bits per heavy atom. The average Bonchev–Trinajstić information content (AvgIpc) is 2.86. The second kappa shape index (κ2) is 6.31. The summed E-state index contributed by atoms with van der Waals surface area (Å²) in [5.74, 6) is 0.625. The van der Waals surface area contributed by atoms with Crippen LogP contribution in [0.5, 0.6) is 0 Å². The van der Waals surface area contributed by atoms with Crippen molar-refractivity contribution in [2.75, 3.05) is 0 Å². The van der Waals surface area contributed by atoms with Crippen molar-refractivity contribution in [3.05, 3.63) is 45.3 Å². The maximum atomic E-state index is 12.2. The second-order valence-corrected chi connectivity index (χ2v) is 4.62. The fourth-order valence-corrected chi connectivity index (χ4v) is 2.06. The van der Waals surface area contributed by atoms with Crippen LogP contribution in [0.4, 0.5) is 0 Å². The summed E-state index contributed by atoms with van der Waals surface area (Å²) in [7, 11) is 0. The van der Waals surface area contributed by atoms with Crippen molar-refractivity contribution in [3.8, 4) is 0 Å². The summed E-state index contributed by atoms with van der Waals surface area (Å²) in [5, 5.41) is 4.10. The summed E-state index contributed by atoms with van der Waals surface area (Å²) in [6.45, 7) is 5.50. The maximum absolute atomic E-state index is 12.2. The van der Waals surface area contributed by atoms with Gasteiger partial charge in [-0.15, -0.1) is 0 Å². The molecule has 0 aromatic carbocycles. The first-order chi connectivity index (χ1) is 9.67. The highest BCUT2D eigenvalue weighted by molar-refractivity contribution is 4.92.